The molecule has 0 unspecified atom stereocenters. The first-order valence-corrected chi connectivity index (χ1v) is 6.13. The highest BCUT2D eigenvalue weighted by atomic mass is 35.5. The van der Waals surface area contributed by atoms with Crippen molar-refractivity contribution >= 4 is 17.4 Å². The molecule has 0 bridgehead atoms. The lowest BCUT2D eigenvalue weighted by atomic mass is 10.2. The smallest absolute Gasteiger partial charge is 0.214 e. The van der Waals surface area contributed by atoms with Gasteiger partial charge in [-0.15, -0.1) is 0 Å². The van der Waals surface area contributed by atoms with E-state index in [0.29, 0.717) is 23.1 Å². The Morgan fingerprint density at radius 3 is 2.84 bits per heavy atom. The Morgan fingerprint density at radius 1 is 1.37 bits per heavy atom. The molecular weight excluding hydrogens is 262 g/mol. The molecule has 98 valence electrons. The van der Waals surface area contributed by atoms with Crippen LogP contribution >= 0.6 is 11.6 Å². The van der Waals surface area contributed by atoms with E-state index in [2.05, 4.69) is 4.98 Å². The Hall–Kier alpha value is -2.07. The quantitative estimate of drug-likeness (QED) is 0.666. The number of hydrogen-bond donors (Lipinski definition) is 2. The molecule has 0 radical (unpaired) electrons. The zero-order valence-electron chi connectivity index (χ0n) is 10.5. The van der Waals surface area contributed by atoms with Gasteiger partial charge in [0.25, 0.3) is 0 Å². The van der Waals surface area contributed by atoms with Crippen LogP contribution in [-0.4, -0.2) is 10.8 Å². The highest BCUT2D eigenvalue weighted by molar-refractivity contribution is 6.30. The zero-order valence-corrected chi connectivity index (χ0v) is 11.2. The maximum atomic E-state index is 7.43. The fourth-order valence-corrected chi connectivity index (χ4v) is 1.86. The summed E-state index contributed by atoms with van der Waals surface area (Å²) in [5, 5.41) is 8.10. The molecule has 0 spiro atoms. The molecule has 1 heterocycles. The van der Waals surface area contributed by atoms with E-state index in [4.69, 9.17) is 27.5 Å². The molecule has 0 saturated heterocycles. The third-order valence-corrected chi connectivity index (χ3v) is 2.75. The number of halogens is 1. The topological polar surface area (TPSA) is 72.0 Å². The van der Waals surface area contributed by atoms with Gasteiger partial charge in [-0.25, -0.2) is 4.98 Å². The fraction of sp³-hybridized carbons (Fsp3) is 0.143. The van der Waals surface area contributed by atoms with Gasteiger partial charge in [-0.1, -0.05) is 23.7 Å². The Kier molecular flexibility index (Phi) is 4.02. The number of aryl methyl sites for hydroxylation is 1. The summed E-state index contributed by atoms with van der Waals surface area (Å²) in [4.78, 5) is 4.25. The summed E-state index contributed by atoms with van der Waals surface area (Å²) in [7, 11) is 0. The Bertz CT molecular complexity index is 613. The van der Waals surface area contributed by atoms with Crippen LogP contribution in [-0.2, 0) is 6.61 Å². The van der Waals surface area contributed by atoms with Gasteiger partial charge >= 0.3 is 0 Å². The second-order valence-corrected chi connectivity index (χ2v) is 4.60. The van der Waals surface area contributed by atoms with Crippen LogP contribution in [0.2, 0.25) is 5.02 Å². The van der Waals surface area contributed by atoms with E-state index in [0.717, 1.165) is 11.3 Å². The molecule has 2 aromatic rings. The van der Waals surface area contributed by atoms with Crippen molar-refractivity contribution in [1.29, 1.82) is 5.41 Å². The van der Waals surface area contributed by atoms with Crippen molar-refractivity contribution in [3.05, 3.63) is 58.2 Å². The summed E-state index contributed by atoms with van der Waals surface area (Å²) in [5.41, 5.74) is 7.78. The van der Waals surface area contributed by atoms with Crippen LogP contribution < -0.4 is 10.5 Å². The highest BCUT2D eigenvalue weighted by Crippen LogP contribution is 2.16. The Balaban J connectivity index is 2.13. The van der Waals surface area contributed by atoms with Crippen molar-refractivity contribution in [3.63, 3.8) is 0 Å². The van der Waals surface area contributed by atoms with Gasteiger partial charge in [0, 0.05) is 22.3 Å². The summed E-state index contributed by atoms with van der Waals surface area (Å²) in [6.07, 6.45) is 0. The number of ether oxygens (including phenoxy) is 1. The predicted molar refractivity (Wildman–Crippen MR) is 75.8 cm³/mol. The molecule has 1 aromatic heterocycles. The average molecular weight is 276 g/mol. The van der Waals surface area contributed by atoms with Crippen LogP contribution in [0.5, 0.6) is 5.88 Å². The van der Waals surface area contributed by atoms with E-state index < -0.39 is 0 Å². The average Bonchev–Trinajstić information content (AvgIpc) is 2.36. The number of nitrogens with one attached hydrogen (secondary N) is 1. The number of nitrogens with zero attached hydrogens (tertiary/aromatic N) is 1. The summed E-state index contributed by atoms with van der Waals surface area (Å²) in [5.74, 6) is 0.447. The number of aromatic nitrogens is 1. The van der Waals surface area contributed by atoms with Gasteiger partial charge in [-0.2, -0.15) is 0 Å². The molecule has 2 rings (SSSR count). The number of pyridine rings is 1. The summed E-state index contributed by atoms with van der Waals surface area (Å²) in [6, 6.07) is 10.8. The number of benzene rings is 1. The number of hydrogen-bond acceptors (Lipinski definition) is 3. The SMILES string of the molecule is Cc1cc(C(=N)N)cc(OCc2cccc(Cl)c2)n1. The third-order valence-electron chi connectivity index (χ3n) is 2.52. The maximum Gasteiger partial charge on any atom is 0.214 e. The molecule has 0 aliphatic rings. The van der Waals surface area contributed by atoms with E-state index >= 15 is 0 Å². The summed E-state index contributed by atoms with van der Waals surface area (Å²) < 4.78 is 5.60. The molecular formula is C14H14ClN3O. The molecule has 0 aliphatic heterocycles. The summed E-state index contributed by atoms with van der Waals surface area (Å²) in [6.45, 7) is 2.20. The largest absolute Gasteiger partial charge is 0.473 e. The van der Waals surface area contributed by atoms with Crippen molar-refractivity contribution in [3.8, 4) is 5.88 Å². The molecule has 0 amide bonds. The predicted octanol–water partition coefficient (Wildman–Crippen LogP) is 2.91. The van der Waals surface area contributed by atoms with Crippen LogP contribution in [0.3, 0.4) is 0 Å². The molecule has 0 aliphatic carbocycles. The molecule has 4 nitrogen and oxygen atoms in total. The minimum Gasteiger partial charge on any atom is -0.473 e. The molecule has 0 saturated carbocycles. The van der Waals surface area contributed by atoms with Crippen LogP contribution in [0.25, 0.3) is 0 Å². The van der Waals surface area contributed by atoms with E-state index in [1.54, 1.807) is 12.1 Å². The molecule has 1 aromatic carbocycles. The zero-order chi connectivity index (χ0) is 13.8. The van der Waals surface area contributed by atoms with Crippen LogP contribution in [0.4, 0.5) is 0 Å². The molecule has 0 fully saturated rings. The molecule has 3 N–H and O–H groups in total. The molecule has 5 heteroatoms. The fourth-order valence-electron chi connectivity index (χ4n) is 1.65. The summed E-state index contributed by atoms with van der Waals surface area (Å²) >= 11 is 5.90. The third kappa shape index (κ3) is 3.69. The number of nitrogens with two attached hydrogens (primary N) is 1. The monoisotopic (exact) mass is 275 g/mol. The normalized spacial score (nSPS) is 10.2. The maximum absolute atomic E-state index is 7.43. The van der Waals surface area contributed by atoms with Gasteiger partial charge in [0.15, 0.2) is 0 Å². The Morgan fingerprint density at radius 2 is 2.16 bits per heavy atom. The number of amidine groups is 1. The van der Waals surface area contributed by atoms with Crippen LogP contribution in [0, 0.1) is 12.3 Å². The van der Waals surface area contributed by atoms with Crippen molar-refractivity contribution < 1.29 is 4.74 Å². The first-order valence-electron chi connectivity index (χ1n) is 5.75. The van der Waals surface area contributed by atoms with E-state index in [-0.39, 0.29) is 5.84 Å². The lowest BCUT2D eigenvalue weighted by Crippen LogP contribution is -2.12. The standard InChI is InChI=1S/C14H14ClN3O/c1-9-5-11(14(16)17)7-13(18-9)19-8-10-3-2-4-12(15)6-10/h2-7H,8H2,1H3,(H3,16,17). The van der Waals surface area contributed by atoms with E-state index in [1.807, 2.05) is 31.2 Å². The number of rotatable bonds is 4. The minimum atomic E-state index is -0.00175. The van der Waals surface area contributed by atoms with Crippen molar-refractivity contribution in [1.82, 2.24) is 4.98 Å². The molecule has 19 heavy (non-hydrogen) atoms. The van der Waals surface area contributed by atoms with Gasteiger partial charge in [0.05, 0.1) is 0 Å². The number of nitrogen functional groups attached to an aromatic ring is 1. The van der Waals surface area contributed by atoms with Crippen LogP contribution in [0.15, 0.2) is 36.4 Å². The first kappa shape index (κ1) is 13.4. The molecule has 0 atom stereocenters. The van der Waals surface area contributed by atoms with E-state index in [9.17, 15) is 0 Å². The van der Waals surface area contributed by atoms with Gasteiger partial charge in [-0.05, 0) is 30.7 Å². The second kappa shape index (κ2) is 5.71. The van der Waals surface area contributed by atoms with Gasteiger partial charge in [-0.3, -0.25) is 5.41 Å². The second-order valence-electron chi connectivity index (χ2n) is 4.17. The highest BCUT2D eigenvalue weighted by Gasteiger charge is 2.04. The lowest BCUT2D eigenvalue weighted by Gasteiger charge is -2.08. The van der Waals surface area contributed by atoms with Gasteiger partial charge in [0.2, 0.25) is 5.88 Å². The van der Waals surface area contributed by atoms with Crippen LogP contribution in [0.1, 0.15) is 16.8 Å². The van der Waals surface area contributed by atoms with E-state index in [1.165, 1.54) is 0 Å². The first-order chi connectivity index (χ1) is 9.04. The van der Waals surface area contributed by atoms with Gasteiger partial charge in [0.1, 0.15) is 12.4 Å². The van der Waals surface area contributed by atoms with Crippen molar-refractivity contribution in [2.75, 3.05) is 0 Å². The van der Waals surface area contributed by atoms with Crippen molar-refractivity contribution in [2.45, 2.75) is 13.5 Å². The van der Waals surface area contributed by atoms with Gasteiger partial charge < -0.3 is 10.5 Å². The minimum absolute atomic E-state index is 0.00175. The Labute approximate surface area is 116 Å². The lowest BCUT2D eigenvalue weighted by molar-refractivity contribution is 0.293. The van der Waals surface area contributed by atoms with Crippen molar-refractivity contribution in [2.24, 2.45) is 5.73 Å².